The highest BCUT2D eigenvalue weighted by atomic mass is 19.4. The lowest BCUT2D eigenvalue weighted by Crippen LogP contribution is -2.17. The standard InChI is InChI=1S/C9H9F3O2/c1-5-3-6(2)8(7(13)4-5)14-9(10,11)12/h3-4,13H,1-2H3. The second-order valence-corrected chi connectivity index (χ2v) is 2.98. The Kier molecular flexibility index (Phi) is 2.59. The van der Waals surface area contributed by atoms with Gasteiger partial charge in [0.05, 0.1) is 0 Å². The lowest BCUT2D eigenvalue weighted by Gasteiger charge is -2.13. The molecular formula is C9H9F3O2. The van der Waals surface area contributed by atoms with Crippen molar-refractivity contribution in [1.82, 2.24) is 0 Å². The summed E-state index contributed by atoms with van der Waals surface area (Å²) >= 11 is 0. The molecule has 1 rings (SSSR count). The molecule has 5 heteroatoms. The Balaban J connectivity index is 3.09. The largest absolute Gasteiger partial charge is 0.573 e. The molecule has 0 spiro atoms. The van der Waals surface area contributed by atoms with Gasteiger partial charge >= 0.3 is 6.36 Å². The topological polar surface area (TPSA) is 29.5 Å². The van der Waals surface area contributed by atoms with Gasteiger partial charge in [-0.15, -0.1) is 13.2 Å². The summed E-state index contributed by atoms with van der Waals surface area (Å²) in [6, 6.07) is 2.72. The van der Waals surface area contributed by atoms with Gasteiger partial charge < -0.3 is 9.84 Å². The monoisotopic (exact) mass is 206 g/mol. The molecule has 0 amide bonds. The third-order valence-corrected chi connectivity index (χ3v) is 1.62. The Labute approximate surface area is 78.9 Å². The van der Waals surface area contributed by atoms with Crippen LogP contribution in [0.25, 0.3) is 0 Å². The van der Waals surface area contributed by atoms with Gasteiger partial charge in [-0.25, -0.2) is 0 Å². The van der Waals surface area contributed by atoms with E-state index in [1.165, 1.54) is 19.1 Å². The average molecular weight is 206 g/mol. The molecule has 14 heavy (non-hydrogen) atoms. The first-order chi connectivity index (χ1) is 6.29. The summed E-state index contributed by atoms with van der Waals surface area (Å²) < 4.78 is 39.3. The molecule has 78 valence electrons. The molecule has 2 nitrogen and oxygen atoms in total. The summed E-state index contributed by atoms with van der Waals surface area (Å²) in [7, 11) is 0. The van der Waals surface area contributed by atoms with Crippen molar-refractivity contribution in [2.75, 3.05) is 0 Å². The van der Waals surface area contributed by atoms with Gasteiger partial charge in [0.2, 0.25) is 0 Å². The van der Waals surface area contributed by atoms with E-state index in [-0.39, 0.29) is 5.56 Å². The zero-order chi connectivity index (χ0) is 10.9. The van der Waals surface area contributed by atoms with Crippen molar-refractivity contribution in [3.05, 3.63) is 23.3 Å². The van der Waals surface area contributed by atoms with Crippen LogP contribution < -0.4 is 4.74 Å². The molecule has 0 aliphatic heterocycles. The van der Waals surface area contributed by atoms with Gasteiger partial charge in [-0.05, 0) is 31.0 Å². The number of halogens is 3. The van der Waals surface area contributed by atoms with Crippen LogP contribution in [0.2, 0.25) is 0 Å². The van der Waals surface area contributed by atoms with Crippen molar-refractivity contribution in [1.29, 1.82) is 0 Å². The summed E-state index contributed by atoms with van der Waals surface area (Å²) in [6.07, 6.45) is -4.78. The summed E-state index contributed by atoms with van der Waals surface area (Å²) in [5.41, 5.74) is 0.925. The number of hydrogen-bond donors (Lipinski definition) is 1. The fourth-order valence-electron chi connectivity index (χ4n) is 1.18. The SMILES string of the molecule is Cc1cc(C)c(OC(F)(F)F)c(O)c1. The fourth-order valence-corrected chi connectivity index (χ4v) is 1.18. The van der Waals surface area contributed by atoms with Gasteiger partial charge in [-0.2, -0.15) is 0 Å². The van der Waals surface area contributed by atoms with Crippen molar-refractivity contribution < 1.29 is 23.0 Å². The second-order valence-electron chi connectivity index (χ2n) is 2.98. The van der Waals surface area contributed by atoms with E-state index in [2.05, 4.69) is 4.74 Å². The zero-order valence-electron chi connectivity index (χ0n) is 7.64. The third-order valence-electron chi connectivity index (χ3n) is 1.62. The van der Waals surface area contributed by atoms with E-state index >= 15 is 0 Å². The van der Waals surface area contributed by atoms with E-state index in [9.17, 15) is 18.3 Å². The van der Waals surface area contributed by atoms with E-state index in [1.807, 2.05) is 0 Å². The molecule has 0 saturated carbocycles. The summed E-state index contributed by atoms with van der Waals surface area (Å²) in [5, 5.41) is 9.21. The van der Waals surface area contributed by atoms with Crippen molar-refractivity contribution in [2.24, 2.45) is 0 Å². The number of benzene rings is 1. The van der Waals surface area contributed by atoms with Crippen LogP contribution in [0.1, 0.15) is 11.1 Å². The minimum atomic E-state index is -4.78. The van der Waals surface area contributed by atoms with Gasteiger partial charge in [0, 0.05) is 0 Å². The number of aromatic hydroxyl groups is 1. The first kappa shape index (κ1) is 10.7. The minimum Gasteiger partial charge on any atom is -0.504 e. The van der Waals surface area contributed by atoms with Gasteiger partial charge in [-0.3, -0.25) is 0 Å². The number of aryl methyl sites for hydroxylation is 2. The molecule has 1 aromatic carbocycles. The van der Waals surface area contributed by atoms with E-state index in [0.29, 0.717) is 5.56 Å². The molecule has 0 unspecified atom stereocenters. The fraction of sp³-hybridized carbons (Fsp3) is 0.333. The maximum Gasteiger partial charge on any atom is 0.573 e. The maximum absolute atomic E-state index is 11.9. The quantitative estimate of drug-likeness (QED) is 0.765. The molecule has 0 fully saturated rings. The maximum atomic E-state index is 11.9. The normalized spacial score (nSPS) is 11.5. The van der Waals surface area contributed by atoms with E-state index < -0.39 is 17.9 Å². The lowest BCUT2D eigenvalue weighted by atomic mass is 10.1. The molecule has 0 aliphatic carbocycles. The van der Waals surface area contributed by atoms with E-state index in [1.54, 1.807) is 6.92 Å². The van der Waals surface area contributed by atoms with Crippen molar-refractivity contribution in [3.8, 4) is 11.5 Å². The number of ether oxygens (including phenoxy) is 1. The zero-order valence-corrected chi connectivity index (χ0v) is 7.64. The average Bonchev–Trinajstić information content (AvgIpc) is 1.95. The van der Waals surface area contributed by atoms with Crippen LogP contribution in [-0.2, 0) is 0 Å². The molecule has 0 bridgehead atoms. The molecule has 0 aromatic heterocycles. The van der Waals surface area contributed by atoms with E-state index in [0.717, 1.165) is 0 Å². The van der Waals surface area contributed by atoms with Crippen molar-refractivity contribution in [3.63, 3.8) is 0 Å². The van der Waals surface area contributed by atoms with Crippen LogP contribution in [0.15, 0.2) is 12.1 Å². The molecule has 1 N–H and O–H groups in total. The van der Waals surface area contributed by atoms with Crippen LogP contribution in [0.4, 0.5) is 13.2 Å². The van der Waals surface area contributed by atoms with Gasteiger partial charge in [0.15, 0.2) is 11.5 Å². The number of hydrogen-bond acceptors (Lipinski definition) is 2. The summed E-state index contributed by atoms with van der Waals surface area (Å²) in [5.74, 6) is -1.04. The van der Waals surface area contributed by atoms with Crippen LogP contribution in [0.3, 0.4) is 0 Å². The minimum absolute atomic E-state index is 0.250. The Morgan fingerprint density at radius 1 is 1.21 bits per heavy atom. The number of alkyl halides is 3. The van der Waals surface area contributed by atoms with Crippen LogP contribution in [0.5, 0.6) is 11.5 Å². The summed E-state index contributed by atoms with van der Waals surface area (Å²) in [6.45, 7) is 3.11. The Hall–Kier alpha value is -1.39. The second kappa shape index (κ2) is 3.40. The third kappa shape index (κ3) is 2.55. The predicted molar refractivity (Wildman–Crippen MR) is 44.3 cm³/mol. The molecule has 0 aliphatic rings. The predicted octanol–water partition coefficient (Wildman–Crippen LogP) is 2.91. The summed E-state index contributed by atoms with van der Waals surface area (Å²) in [4.78, 5) is 0. The molecule has 0 atom stereocenters. The lowest BCUT2D eigenvalue weighted by molar-refractivity contribution is -0.275. The van der Waals surface area contributed by atoms with Gasteiger partial charge in [-0.1, -0.05) is 6.07 Å². The molecular weight excluding hydrogens is 197 g/mol. The van der Waals surface area contributed by atoms with Crippen molar-refractivity contribution >= 4 is 0 Å². The smallest absolute Gasteiger partial charge is 0.504 e. The van der Waals surface area contributed by atoms with Crippen molar-refractivity contribution in [2.45, 2.75) is 20.2 Å². The van der Waals surface area contributed by atoms with Gasteiger partial charge in [0.25, 0.3) is 0 Å². The molecule has 0 saturated heterocycles. The first-order valence-electron chi connectivity index (χ1n) is 3.85. The first-order valence-corrected chi connectivity index (χ1v) is 3.85. The molecule has 1 aromatic rings. The Morgan fingerprint density at radius 3 is 2.21 bits per heavy atom. The molecule has 0 heterocycles. The highest BCUT2D eigenvalue weighted by Gasteiger charge is 2.33. The van der Waals surface area contributed by atoms with Crippen LogP contribution in [-0.4, -0.2) is 11.5 Å². The number of phenolic OH excluding ortho intramolecular Hbond substituents is 1. The van der Waals surface area contributed by atoms with Gasteiger partial charge in [0.1, 0.15) is 0 Å². The van der Waals surface area contributed by atoms with Crippen LogP contribution >= 0.6 is 0 Å². The molecule has 0 radical (unpaired) electrons. The van der Waals surface area contributed by atoms with Crippen LogP contribution in [0, 0.1) is 13.8 Å². The Morgan fingerprint density at radius 2 is 1.79 bits per heavy atom. The highest BCUT2D eigenvalue weighted by molar-refractivity contribution is 5.47. The number of rotatable bonds is 1. The van der Waals surface area contributed by atoms with E-state index in [4.69, 9.17) is 0 Å². The number of phenols is 1. The Bertz CT molecular complexity index is 321. The highest BCUT2D eigenvalue weighted by Crippen LogP contribution is 2.35.